The number of likely N-dealkylation sites (tertiary alicyclic amines) is 1. The van der Waals surface area contributed by atoms with Gasteiger partial charge in [0.1, 0.15) is 6.04 Å². The first-order valence-corrected chi connectivity index (χ1v) is 6.67. The molecule has 5 nitrogen and oxygen atoms in total. The number of carboxylic acid groups (broad SMARTS) is 1. The van der Waals surface area contributed by atoms with E-state index in [9.17, 15) is 9.59 Å². The zero-order chi connectivity index (χ0) is 13.0. The Morgan fingerprint density at radius 3 is 2.65 bits per heavy atom. The van der Waals surface area contributed by atoms with Crippen LogP contribution >= 0.6 is 11.8 Å². The summed E-state index contributed by atoms with van der Waals surface area (Å²) in [5.74, 6) is -0.735. The van der Waals surface area contributed by atoms with Crippen molar-refractivity contribution in [2.45, 2.75) is 37.7 Å². The molecule has 0 spiro atoms. The molecule has 17 heavy (non-hydrogen) atoms. The highest BCUT2D eigenvalue weighted by molar-refractivity contribution is 8.00. The number of aliphatic carboxylic acids is 1. The van der Waals surface area contributed by atoms with Crippen LogP contribution in [0.2, 0.25) is 0 Å². The zero-order valence-corrected chi connectivity index (χ0v) is 11.2. The molecule has 1 rings (SSSR count). The number of hydrogen-bond acceptors (Lipinski definition) is 4. The van der Waals surface area contributed by atoms with Crippen LogP contribution in [0.1, 0.15) is 20.3 Å². The maximum absolute atomic E-state index is 11.9. The van der Waals surface area contributed by atoms with Gasteiger partial charge in [-0.15, -0.1) is 11.8 Å². The van der Waals surface area contributed by atoms with Crippen LogP contribution in [0, 0.1) is 0 Å². The van der Waals surface area contributed by atoms with E-state index in [1.165, 1.54) is 16.7 Å². The average Bonchev–Trinajstić information content (AvgIpc) is 2.69. The standard InChI is InChI=1S/C11H19NO4S/c1-7(2)17-6-10(13)12-5-8(16-3)4-9(12)11(14)15/h7-9H,4-6H2,1-3H3,(H,14,15). The number of nitrogens with zero attached hydrogens (tertiary/aromatic N) is 1. The van der Waals surface area contributed by atoms with Crippen molar-refractivity contribution in [3.05, 3.63) is 0 Å². The van der Waals surface area contributed by atoms with E-state index < -0.39 is 12.0 Å². The van der Waals surface area contributed by atoms with Gasteiger partial charge in [0, 0.05) is 20.1 Å². The lowest BCUT2D eigenvalue weighted by Gasteiger charge is -2.21. The van der Waals surface area contributed by atoms with Crippen LogP contribution in [0.15, 0.2) is 0 Å². The molecule has 1 N–H and O–H groups in total. The Bertz CT molecular complexity index is 295. The summed E-state index contributed by atoms with van der Waals surface area (Å²) in [6.07, 6.45) is 0.216. The minimum Gasteiger partial charge on any atom is -0.480 e. The lowest BCUT2D eigenvalue weighted by Crippen LogP contribution is -2.41. The minimum atomic E-state index is -0.951. The first kappa shape index (κ1) is 14.3. The third kappa shape index (κ3) is 3.89. The number of carbonyl (C=O) groups excluding carboxylic acids is 1. The molecule has 1 aliphatic rings. The third-order valence-corrected chi connectivity index (χ3v) is 3.82. The largest absolute Gasteiger partial charge is 0.480 e. The van der Waals surface area contributed by atoms with Crippen molar-refractivity contribution in [3.63, 3.8) is 0 Å². The van der Waals surface area contributed by atoms with Gasteiger partial charge in [0.05, 0.1) is 11.9 Å². The molecule has 1 heterocycles. The topological polar surface area (TPSA) is 66.8 Å². The fraction of sp³-hybridized carbons (Fsp3) is 0.818. The van der Waals surface area contributed by atoms with Gasteiger partial charge >= 0.3 is 5.97 Å². The smallest absolute Gasteiger partial charge is 0.326 e. The molecule has 0 aliphatic carbocycles. The van der Waals surface area contributed by atoms with Gasteiger partial charge in [-0.05, 0) is 5.25 Å². The molecule has 1 fully saturated rings. The highest BCUT2D eigenvalue weighted by atomic mass is 32.2. The maximum atomic E-state index is 11.9. The normalized spacial score (nSPS) is 24.4. The highest BCUT2D eigenvalue weighted by Crippen LogP contribution is 2.22. The second-order valence-electron chi connectivity index (χ2n) is 4.35. The molecular formula is C11H19NO4S. The number of ether oxygens (including phenoxy) is 1. The van der Waals surface area contributed by atoms with Gasteiger partial charge in [0.2, 0.25) is 5.91 Å². The Kier molecular flexibility index (Phi) is 5.27. The number of carbonyl (C=O) groups is 2. The molecule has 0 radical (unpaired) electrons. The van der Waals surface area contributed by atoms with Crippen LogP contribution in [0.25, 0.3) is 0 Å². The van der Waals surface area contributed by atoms with Gasteiger partial charge in [-0.3, -0.25) is 4.79 Å². The number of rotatable bonds is 5. The van der Waals surface area contributed by atoms with Crippen molar-refractivity contribution in [1.82, 2.24) is 4.90 Å². The molecule has 2 unspecified atom stereocenters. The molecule has 0 saturated carbocycles. The molecule has 98 valence electrons. The summed E-state index contributed by atoms with van der Waals surface area (Å²) in [5.41, 5.74) is 0. The Morgan fingerprint density at radius 1 is 1.53 bits per heavy atom. The van der Waals surface area contributed by atoms with Crippen molar-refractivity contribution in [2.24, 2.45) is 0 Å². The summed E-state index contributed by atoms with van der Waals surface area (Å²) in [7, 11) is 1.54. The van der Waals surface area contributed by atoms with E-state index in [0.29, 0.717) is 24.0 Å². The van der Waals surface area contributed by atoms with E-state index in [1.807, 2.05) is 13.8 Å². The Hall–Kier alpha value is -0.750. The summed E-state index contributed by atoms with van der Waals surface area (Å²) >= 11 is 1.52. The molecule has 1 saturated heterocycles. The number of hydrogen-bond donors (Lipinski definition) is 1. The van der Waals surface area contributed by atoms with Crippen LogP contribution in [-0.4, -0.2) is 58.7 Å². The summed E-state index contributed by atoms with van der Waals surface area (Å²) in [5, 5.41) is 9.43. The first-order valence-electron chi connectivity index (χ1n) is 5.62. The quantitative estimate of drug-likeness (QED) is 0.794. The minimum absolute atomic E-state index is 0.115. The van der Waals surface area contributed by atoms with Crippen molar-refractivity contribution in [2.75, 3.05) is 19.4 Å². The van der Waals surface area contributed by atoms with Crippen molar-refractivity contribution >= 4 is 23.6 Å². The monoisotopic (exact) mass is 261 g/mol. The second-order valence-corrected chi connectivity index (χ2v) is 5.92. The predicted octanol–water partition coefficient (Wildman–Crippen LogP) is 0.829. The molecule has 1 aliphatic heterocycles. The molecule has 0 aromatic carbocycles. The summed E-state index contributed by atoms with van der Waals surface area (Å²) in [4.78, 5) is 24.4. The van der Waals surface area contributed by atoms with Crippen LogP contribution in [0.5, 0.6) is 0 Å². The van der Waals surface area contributed by atoms with E-state index in [1.54, 1.807) is 7.11 Å². The highest BCUT2D eigenvalue weighted by Gasteiger charge is 2.39. The molecule has 0 aromatic rings. The van der Waals surface area contributed by atoms with E-state index >= 15 is 0 Å². The lowest BCUT2D eigenvalue weighted by atomic mass is 10.2. The van der Waals surface area contributed by atoms with Crippen molar-refractivity contribution in [1.29, 1.82) is 0 Å². The molecule has 2 atom stereocenters. The number of methoxy groups -OCH3 is 1. The zero-order valence-electron chi connectivity index (χ0n) is 10.4. The fourth-order valence-corrected chi connectivity index (χ4v) is 2.44. The molecule has 6 heteroatoms. The lowest BCUT2D eigenvalue weighted by molar-refractivity contribution is -0.147. The van der Waals surface area contributed by atoms with Gasteiger partial charge in [-0.2, -0.15) is 0 Å². The van der Waals surface area contributed by atoms with Gasteiger partial charge in [0.15, 0.2) is 0 Å². The molecular weight excluding hydrogens is 242 g/mol. The van der Waals surface area contributed by atoms with Gasteiger partial charge in [-0.25, -0.2) is 4.79 Å². The Labute approximate surface area is 105 Å². The predicted molar refractivity (Wildman–Crippen MR) is 66.1 cm³/mol. The summed E-state index contributed by atoms with van der Waals surface area (Å²) < 4.78 is 5.13. The summed E-state index contributed by atoms with van der Waals surface area (Å²) in [6, 6.07) is -0.736. The van der Waals surface area contributed by atoms with E-state index in [-0.39, 0.29) is 12.0 Å². The Morgan fingerprint density at radius 2 is 2.18 bits per heavy atom. The van der Waals surface area contributed by atoms with Crippen LogP contribution in [0.4, 0.5) is 0 Å². The first-order chi connectivity index (χ1) is 7.95. The van der Waals surface area contributed by atoms with Gasteiger partial charge in [-0.1, -0.05) is 13.8 Å². The third-order valence-electron chi connectivity index (χ3n) is 2.74. The van der Waals surface area contributed by atoms with Gasteiger partial charge < -0.3 is 14.7 Å². The SMILES string of the molecule is COC1CC(C(=O)O)N(C(=O)CSC(C)C)C1. The van der Waals surface area contributed by atoms with Crippen molar-refractivity contribution < 1.29 is 19.4 Å². The van der Waals surface area contributed by atoms with Crippen molar-refractivity contribution in [3.8, 4) is 0 Å². The maximum Gasteiger partial charge on any atom is 0.326 e. The fourth-order valence-electron chi connectivity index (χ4n) is 1.80. The van der Waals surface area contributed by atoms with E-state index in [0.717, 1.165) is 0 Å². The van der Waals surface area contributed by atoms with E-state index in [2.05, 4.69) is 0 Å². The summed E-state index contributed by atoms with van der Waals surface area (Å²) in [6.45, 7) is 4.40. The van der Waals surface area contributed by atoms with Crippen LogP contribution in [-0.2, 0) is 14.3 Å². The van der Waals surface area contributed by atoms with Gasteiger partial charge in [0.25, 0.3) is 0 Å². The molecule has 0 bridgehead atoms. The van der Waals surface area contributed by atoms with Crippen LogP contribution in [0.3, 0.4) is 0 Å². The van der Waals surface area contributed by atoms with Crippen LogP contribution < -0.4 is 0 Å². The van der Waals surface area contributed by atoms with E-state index in [4.69, 9.17) is 9.84 Å². The Balaban J connectivity index is 2.60. The number of thioether (sulfide) groups is 1. The number of carboxylic acids is 1. The number of amides is 1. The molecule has 0 aromatic heterocycles. The average molecular weight is 261 g/mol. The second kappa shape index (κ2) is 6.26. The molecule has 1 amide bonds.